The third-order valence-corrected chi connectivity index (χ3v) is 7.25. The van der Waals surface area contributed by atoms with Crippen LogP contribution in [0.1, 0.15) is 30.4 Å². The van der Waals surface area contributed by atoms with Crippen molar-refractivity contribution in [2.75, 3.05) is 19.8 Å². The standard InChI is InChI=1S/C30H35N3O10/c1-3-12-41-29(39)22(13-24(36)33-28-25(31-16(2)35)27(38)26(37)23(14-34)43-28)32-30(40)42-15-21-19-10-6-4-8-17(19)18-9-5-7-11-20(18)21/h3-11,21-23,25-28,34,37-38H,1,12-15H2,2H3,(H,31,35)(H,32,40)(H,33,36)/t22-,23+,25+,26+,27+,28+/m0/s1. The van der Waals surface area contributed by atoms with E-state index in [1.54, 1.807) is 0 Å². The highest BCUT2D eigenvalue weighted by Gasteiger charge is 2.45. The second kappa shape index (κ2) is 14.2. The van der Waals surface area contributed by atoms with E-state index in [9.17, 15) is 34.5 Å². The lowest BCUT2D eigenvalue weighted by Gasteiger charge is -2.42. The molecule has 6 atom stereocenters. The van der Waals surface area contributed by atoms with Gasteiger partial charge in [-0.25, -0.2) is 9.59 Å². The van der Waals surface area contributed by atoms with Gasteiger partial charge >= 0.3 is 12.1 Å². The summed E-state index contributed by atoms with van der Waals surface area (Å²) in [6.45, 7) is 3.75. The zero-order valence-corrected chi connectivity index (χ0v) is 23.5. The normalized spacial score (nSPS) is 23.2. The molecule has 13 heteroatoms. The molecule has 0 aromatic heterocycles. The van der Waals surface area contributed by atoms with Gasteiger partial charge in [-0.05, 0) is 22.3 Å². The molecule has 230 valence electrons. The van der Waals surface area contributed by atoms with Crippen LogP contribution in [0.2, 0.25) is 0 Å². The highest BCUT2D eigenvalue weighted by Crippen LogP contribution is 2.44. The van der Waals surface area contributed by atoms with Crippen molar-refractivity contribution in [2.45, 2.75) is 55.9 Å². The predicted octanol–water partition coefficient (Wildman–Crippen LogP) is 0.0729. The van der Waals surface area contributed by atoms with Crippen LogP contribution in [0.3, 0.4) is 0 Å². The summed E-state index contributed by atoms with van der Waals surface area (Å²) in [6, 6.07) is 12.8. The molecule has 2 aromatic rings. The molecule has 1 fully saturated rings. The number of aliphatic hydroxyl groups excluding tert-OH is 3. The van der Waals surface area contributed by atoms with Crippen molar-refractivity contribution in [3.63, 3.8) is 0 Å². The van der Waals surface area contributed by atoms with Gasteiger partial charge in [-0.3, -0.25) is 9.59 Å². The second-order valence-electron chi connectivity index (χ2n) is 10.2. The van der Waals surface area contributed by atoms with E-state index in [1.807, 2.05) is 48.5 Å². The van der Waals surface area contributed by atoms with Gasteiger partial charge in [0.25, 0.3) is 0 Å². The van der Waals surface area contributed by atoms with Gasteiger partial charge in [-0.15, -0.1) is 0 Å². The molecular formula is C30H35N3O10. The van der Waals surface area contributed by atoms with E-state index in [-0.39, 0.29) is 19.1 Å². The minimum absolute atomic E-state index is 0.0302. The summed E-state index contributed by atoms with van der Waals surface area (Å²) in [7, 11) is 0. The first-order valence-corrected chi connectivity index (χ1v) is 13.7. The van der Waals surface area contributed by atoms with E-state index in [2.05, 4.69) is 22.5 Å². The molecule has 6 N–H and O–H groups in total. The van der Waals surface area contributed by atoms with E-state index in [4.69, 9.17) is 14.2 Å². The molecule has 1 heterocycles. The minimum atomic E-state index is -1.59. The molecule has 1 saturated heterocycles. The van der Waals surface area contributed by atoms with Crippen molar-refractivity contribution >= 4 is 23.9 Å². The first kappa shape index (κ1) is 31.6. The number of benzene rings is 2. The van der Waals surface area contributed by atoms with Gasteiger partial charge in [0.2, 0.25) is 11.8 Å². The Labute approximate surface area is 247 Å². The van der Waals surface area contributed by atoms with Gasteiger partial charge in [-0.2, -0.15) is 0 Å². The molecule has 4 rings (SSSR count). The fraction of sp³-hybridized carbons (Fsp3) is 0.400. The molecule has 3 amide bonds. The molecule has 0 bridgehead atoms. The minimum Gasteiger partial charge on any atom is -0.460 e. The van der Waals surface area contributed by atoms with Crippen molar-refractivity contribution in [3.8, 4) is 11.1 Å². The monoisotopic (exact) mass is 597 g/mol. The Morgan fingerprint density at radius 3 is 2.19 bits per heavy atom. The third kappa shape index (κ3) is 7.38. The zero-order chi connectivity index (χ0) is 31.1. The Balaban J connectivity index is 1.43. The van der Waals surface area contributed by atoms with E-state index < -0.39 is 73.5 Å². The van der Waals surface area contributed by atoms with Gasteiger partial charge in [0.05, 0.1) is 13.0 Å². The van der Waals surface area contributed by atoms with Crippen LogP contribution < -0.4 is 16.0 Å². The van der Waals surface area contributed by atoms with Crippen LogP contribution in [-0.2, 0) is 28.6 Å². The summed E-state index contributed by atoms with van der Waals surface area (Å²) in [5, 5.41) is 37.3. The summed E-state index contributed by atoms with van der Waals surface area (Å²) in [5.41, 5.74) is 4.07. The van der Waals surface area contributed by atoms with Gasteiger partial charge < -0.3 is 45.5 Å². The molecule has 1 aliphatic heterocycles. The summed E-state index contributed by atoms with van der Waals surface area (Å²) in [5.74, 6) is -2.58. The highest BCUT2D eigenvalue weighted by atomic mass is 16.6. The molecule has 2 aromatic carbocycles. The SMILES string of the molecule is C=CCOC(=O)[C@H](CC(=O)N[C@@H]1O[C@H](CO)[C@@H](O)[C@H](O)[C@H]1NC(C)=O)NC(=O)OCC1c2ccccc2-c2ccccc21. The van der Waals surface area contributed by atoms with Crippen LogP contribution in [0.15, 0.2) is 61.2 Å². The lowest BCUT2D eigenvalue weighted by Crippen LogP contribution is -2.68. The average molecular weight is 598 g/mol. The average Bonchev–Trinajstić information content (AvgIpc) is 3.31. The van der Waals surface area contributed by atoms with E-state index in [0.717, 1.165) is 22.3 Å². The maximum Gasteiger partial charge on any atom is 0.407 e. The van der Waals surface area contributed by atoms with Crippen LogP contribution in [0.5, 0.6) is 0 Å². The topological polar surface area (TPSA) is 193 Å². The van der Waals surface area contributed by atoms with Gasteiger partial charge in [-0.1, -0.05) is 61.2 Å². The van der Waals surface area contributed by atoms with E-state index in [0.29, 0.717) is 0 Å². The molecule has 43 heavy (non-hydrogen) atoms. The number of esters is 1. The Morgan fingerprint density at radius 2 is 1.60 bits per heavy atom. The Bertz CT molecular complexity index is 1310. The number of ether oxygens (including phenoxy) is 3. The Morgan fingerprint density at radius 1 is 0.977 bits per heavy atom. The molecule has 0 spiro atoms. The summed E-state index contributed by atoms with van der Waals surface area (Å²) >= 11 is 0. The molecule has 1 aliphatic carbocycles. The Hall–Kier alpha value is -4.30. The smallest absolute Gasteiger partial charge is 0.407 e. The lowest BCUT2D eigenvalue weighted by molar-refractivity contribution is -0.203. The number of alkyl carbamates (subject to hydrolysis) is 1. The number of rotatable bonds is 11. The van der Waals surface area contributed by atoms with Crippen molar-refractivity contribution in [1.82, 2.24) is 16.0 Å². The fourth-order valence-electron chi connectivity index (χ4n) is 5.26. The Kier molecular flexibility index (Phi) is 10.5. The number of carbonyl (C=O) groups is 4. The van der Waals surface area contributed by atoms with E-state index >= 15 is 0 Å². The molecule has 0 radical (unpaired) electrons. The second-order valence-corrected chi connectivity index (χ2v) is 10.2. The van der Waals surface area contributed by atoms with Crippen molar-refractivity contribution < 1.29 is 48.7 Å². The summed E-state index contributed by atoms with van der Waals surface area (Å²) in [6.07, 6.45) is -6.06. The quantitative estimate of drug-likeness (QED) is 0.153. The van der Waals surface area contributed by atoms with Crippen LogP contribution >= 0.6 is 0 Å². The van der Waals surface area contributed by atoms with Crippen molar-refractivity contribution in [1.29, 1.82) is 0 Å². The van der Waals surface area contributed by atoms with Crippen molar-refractivity contribution in [3.05, 3.63) is 72.3 Å². The number of carbonyl (C=O) groups excluding carboxylic acids is 4. The zero-order valence-electron chi connectivity index (χ0n) is 23.5. The van der Waals surface area contributed by atoms with Crippen LogP contribution in [0.25, 0.3) is 11.1 Å². The van der Waals surface area contributed by atoms with Crippen LogP contribution in [-0.4, -0.2) is 95.6 Å². The van der Waals surface area contributed by atoms with Crippen LogP contribution in [0.4, 0.5) is 4.79 Å². The van der Waals surface area contributed by atoms with E-state index in [1.165, 1.54) is 13.0 Å². The fourth-order valence-corrected chi connectivity index (χ4v) is 5.26. The first-order chi connectivity index (χ1) is 20.6. The van der Waals surface area contributed by atoms with Gasteiger partial charge in [0, 0.05) is 12.8 Å². The number of hydrogen-bond acceptors (Lipinski definition) is 10. The molecule has 13 nitrogen and oxygen atoms in total. The molecular weight excluding hydrogens is 562 g/mol. The van der Waals surface area contributed by atoms with Gasteiger partial charge in [0.1, 0.15) is 43.6 Å². The summed E-state index contributed by atoms with van der Waals surface area (Å²) < 4.78 is 16.1. The number of amides is 3. The number of nitrogens with one attached hydrogen (secondary N) is 3. The molecule has 2 aliphatic rings. The summed E-state index contributed by atoms with van der Waals surface area (Å²) in [4.78, 5) is 50.3. The largest absolute Gasteiger partial charge is 0.460 e. The number of fused-ring (bicyclic) bond motifs is 3. The lowest BCUT2D eigenvalue weighted by atomic mass is 9.95. The predicted molar refractivity (Wildman–Crippen MR) is 151 cm³/mol. The molecule has 0 saturated carbocycles. The van der Waals surface area contributed by atoms with Gasteiger partial charge in [0.15, 0.2) is 6.23 Å². The van der Waals surface area contributed by atoms with Crippen molar-refractivity contribution in [2.24, 2.45) is 0 Å². The maximum absolute atomic E-state index is 13.0. The molecule has 0 unspecified atom stereocenters. The third-order valence-electron chi connectivity index (χ3n) is 7.25. The maximum atomic E-state index is 13.0. The van der Waals surface area contributed by atoms with Crippen LogP contribution in [0, 0.1) is 0 Å². The number of aliphatic hydroxyl groups is 3. The first-order valence-electron chi connectivity index (χ1n) is 13.7. The highest BCUT2D eigenvalue weighted by molar-refractivity contribution is 5.88. The number of hydrogen-bond donors (Lipinski definition) is 6.